The second-order valence-corrected chi connectivity index (χ2v) is 8.59. The van der Waals surface area contributed by atoms with Gasteiger partial charge in [0.05, 0.1) is 19.3 Å². The zero-order valence-corrected chi connectivity index (χ0v) is 18.2. The van der Waals surface area contributed by atoms with Gasteiger partial charge in [0.1, 0.15) is 0 Å². The van der Waals surface area contributed by atoms with E-state index in [0.29, 0.717) is 5.56 Å². The van der Waals surface area contributed by atoms with Crippen molar-refractivity contribution >= 4 is 17.2 Å². The number of morpholine rings is 1. The summed E-state index contributed by atoms with van der Waals surface area (Å²) < 4.78 is 5.43. The van der Waals surface area contributed by atoms with Crippen LogP contribution in [0.15, 0.2) is 66.0 Å². The molecule has 1 unspecified atom stereocenters. The smallest absolute Gasteiger partial charge is 0.252 e. The first kappa shape index (κ1) is 20.8. The highest BCUT2D eigenvalue weighted by molar-refractivity contribution is 7.10. The van der Waals surface area contributed by atoms with Gasteiger partial charge < -0.3 is 10.1 Å². The molecule has 0 saturated carbocycles. The minimum atomic E-state index is -0.147. The number of nitrogens with one attached hydrogen (secondary N) is 1. The molecule has 1 atom stereocenters. The van der Waals surface area contributed by atoms with Crippen molar-refractivity contribution in [2.45, 2.75) is 25.9 Å². The summed E-state index contributed by atoms with van der Waals surface area (Å²) in [6.07, 6.45) is 1.01. The van der Waals surface area contributed by atoms with Gasteiger partial charge in [-0.3, -0.25) is 9.69 Å². The van der Waals surface area contributed by atoms with Crippen LogP contribution in [0, 0.1) is 0 Å². The SMILES string of the molecule is CCc1ccc(C(NC(=O)c2cccc(CN3CCOCC3)c2)c2cccs2)cc1. The molecule has 0 aliphatic carbocycles. The van der Waals surface area contributed by atoms with Gasteiger partial charge >= 0.3 is 0 Å². The minimum absolute atomic E-state index is 0.0446. The van der Waals surface area contributed by atoms with E-state index < -0.39 is 0 Å². The summed E-state index contributed by atoms with van der Waals surface area (Å²) >= 11 is 1.67. The number of thiophene rings is 1. The first-order valence-corrected chi connectivity index (χ1v) is 11.4. The molecule has 0 bridgehead atoms. The largest absolute Gasteiger partial charge is 0.379 e. The number of aryl methyl sites for hydroxylation is 1. The zero-order chi connectivity index (χ0) is 20.8. The van der Waals surface area contributed by atoms with Crippen LogP contribution in [0.2, 0.25) is 0 Å². The Morgan fingerprint density at radius 3 is 2.57 bits per heavy atom. The van der Waals surface area contributed by atoms with Crippen LogP contribution in [0.25, 0.3) is 0 Å². The Morgan fingerprint density at radius 2 is 1.87 bits per heavy atom. The normalized spacial score (nSPS) is 15.6. The van der Waals surface area contributed by atoms with E-state index in [9.17, 15) is 4.79 Å². The topological polar surface area (TPSA) is 41.6 Å². The monoisotopic (exact) mass is 420 g/mol. The quantitative estimate of drug-likeness (QED) is 0.604. The molecule has 1 amide bonds. The van der Waals surface area contributed by atoms with Crippen LogP contribution in [-0.2, 0) is 17.7 Å². The summed E-state index contributed by atoms with van der Waals surface area (Å²) in [4.78, 5) is 16.7. The Bertz CT molecular complexity index is 948. The van der Waals surface area contributed by atoms with Gasteiger partial charge in [0.25, 0.3) is 5.91 Å². The number of rotatable bonds is 7. The van der Waals surface area contributed by atoms with Crippen molar-refractivity contribution in [2.75, 3.05) is 26.3 Å². The van der Waals surface area contributed by atoms with Gasteiger partial charge in [-0.2, -0.15) is 0 Å². The van der Waals surface area contributed by atoms with Crippen molar-refractivity contribution in [3.63, 3.8) is 0 Å². The summed E-state index contributed by atoms with van der Waals surface area (Å²) in [7, 11) is 0. The molecule has 0 spiro atoms. The lowest BCUT2D eigenvalue weighted by molar-refractivity contribution is 0.0342. The number of carbonyl (C=O) groups excluding carboxylic acids is 1. The molecule has 0 radical (unpaired) electrons. The average molecular weight is 421 g/mol. The fourth-order valence-electron chi connectivity index (χ4n) is 3.76. The molecule has 4 nitrogen and oxygen atoms in total. The van der Waals surface area contributed by atoms with E-state index in [1.54, 1.807) is 11.3 Å². The third kappa shape index (κ3) is 5.17. The number of hydrogen-bond donors (Lipinski definition) is 1. The van der Waals surface area contributed by atoms with Crippen molar-refractivity contribution in [3.05, 3.63) is 93.2 Å². The first-order chi connectivity index (χ1) is 14.7. The van der Waals surface area contributed by atoms with Gasteiger partial charge in [0, 0.05) is 30.1 Å². The molecule has 1 N–H and O–H groups in total. The molecule has 1 saturated heterocycles. The Kier molecular flexibility index (Phi) is 6.95. The predicted molar refractivity (Wildman–Crippen MR) is 122 cm³/mol. The lowest BCUT2D eigenvalue weighted by Crippen LogP contribution is -2.35. The molecule has 5 heteroatoms. The predicted octanol–water partition coefficient (Wildman–Crippen LogP) is 4.66. The molecule has 1 aliphatic heterocycles. The minimum Gasteiger partial charge on any atom is -0.379 e. The van der Waals surface area contributed by atoms with Gasteiger partial charge in [-0.15, -0.1) is 11.3 Å². The fourth-order valence-corrected chi connectivity index (χ4v) is 4.57. The van der Waals surface area contributed by atoms with Crippen LogP contribution >= 0.6 is 11.3 Å². The summed E-state index contributed by atoms with van der Waals surface area (Å²) in [6, 6.07) is 20.5. The number of amides is 1. The second kappa shape index (κ2) is 10.0. The van der Waals surface area contributed by atoms with Crippen LogP contribution in [0.3, 0.4) is 0 Å². The maximum absolute atomic E-state index is 13.2. The van der Waals surface area contributed by atoms with E-state index in [2.05, 4.69) is 58.9 Å². The average Bonchev–Trinajstić information content (AvgIpc) is 3.33. The van der Waals surface area contributed by atoms with Gasteiger partial charge in [-0.1, -0.05) is 49.4 Å². The van der Waals surface area contributed by atoms with Crippen molar-refractivity contribution in [1.82, 2.24) is 10.2 Å². The third-order valence-corrected chi connectivity index (χ3v) is 6.46. The molecular formula is C25H28N2O2S. The molecule has 30 heavy (non-hydrogen) atoms. The maximum Gasteiger partial charge on any atom is 0.252 e. The Labute approximate surface area is 182 Å². The Hall–Kier alpha value is -2.47. The lowest BCUT2D eigenvalue weighted by atomic mass is 10.0. The van der Waals surface area contributed by atoms with Crippen LogP contribution in [0.1, 0.15) is 44.9 Å². The van der Waals surface area contributed by atoms with Crippen molar-refractivity contribution in [1.29, 1.82) is 0 Å². The number of benzene rings is 2. The number of ether oxygens (including phenoxy) is 1. The molecule has 156 valence electrons. The molecule has 1 aliphatic rings. The van der Waals surface area contributed by atoms with Crippen molar-refractivity contribution < 1.29 is 9.53 Å². The highest BCUT2D eigenvalue weighted by atomic mass is 32.1. The number of hydrogen-bond acceptors (Lipinski definition) is 4. The van der Waals surface area contributed by atoms with Crippen molar-refractivity contribution in [3.8, 4) is 0 Å². The van der Waals surface area contributed by atoms with Gasteiger partial charge in [-0.25, -0.2) is 0 Å². The molecule has 2 aromatic carbocycles. The zero-order valence-electron chi connectivity index (χ0n) is 17.3. The first-order valence-electron chi connectivity index (χ1n) is 10.5. The van der Waals surface area contributed by atoms with Gasteiger partial charge in [0.15, 0.2) is 0 Å². The van der Waals surface area contributed by atoms with Crippen LogP contribution < -0.4 is 5.32 Å². The molecule has 1 aromatic heterocycles. The highest BCUT2D eigenvalue weighted by Gasteiger charge is 2.19. The van der Waals surface area contributed by atoms with E-state index in [1.165, 1.54) is 5.56 Å². The third-order valence-electron chi connectivity index (χ3n) is 5.52. The standard InChI is InChI=1S/C25H28N2O2S/c1-2-19-8-10-21(11-9-19)24(23-7-4-16-30-23)26-25(28)22-6-3-5-20(17-22)18-27-12-14-29-15-13-27/h3-11,16-17,24H,2,12-15,18H2,1H3,(H,26,28). The number of carbonyl (C=O) groups is 1. The van der Waals surface area contributed by atoms with E-state index in [0.717, 1.165) is 55.3 Å². The van der Waals surface area contributed by atoms with Gasteiger partial charge in [0.2, 0.25) is 0 Å². The Morgan fingerprint density at radius 1 is 1.07 bits per heavy atom. The summed E-state index contributed by atoms with van der Waals surface area (Å²) in [5.74, 6) is -0.0446. The molecule has 1 fully saturated rings. The summed E-state index contributed by atoms with van der Waals surface area (Å²) in [6.45, 7) is 6.42. The van der Waals surface area contributed by atoms with Crippen LogP contribution in [0.5, 0.6) is 0 Å². The maximum atomic E-state index is 13.2. The van der Waals surface area contributed by atoms with E-state index in [4.69, 9.17) is 4.74 Å². The second-order valence-electron chi connectivity index (χ2n) is 7.61. The molecular weight excluding hydrogens is 392 g/mol. The summed E-state index contributed by atoms with van der Waals surface area (Å²) in [5, 5.41) is 5.31. The molecule has 3 aromatic rings. The molecule has 2 heterocycles. The van der Waals surface area contributed by atoms with E-state index in [-0.39, 0.29) is 11.9 Å². The van der Waals surface area contributed by atoms with E-state index in [1.807, 2.05) is 24.3 Å². The Balaban J connectivity index is 1.51. The van der Waals surface area contributed by atoms with E-state index >= 15 is 0 Å². The number of nitrogens with zero attached hydrogens (tertiary/aromatic N) is 1. The van der Waals surface area contributed by atoms with Crippen LogP contribution in [0.4, 0.5) is 0 Å². The molecule has 4 rings (SSSR count). The van der Waals surface area contributed by atoms with Gasteiger partial charge in [-0.05, 0) is 46.7 Å². The summed E-state index contributed by atoms with van der Waals surface area (Å²) in [5.41, 5.74) is 4.26. The lowest BCUT2D eigenvalue weighted by Gasteiger charge is -2.26. The highest BCUT2D eigenvalue weighted by Crippen LogP contribution is 2.27. The fraction of sp³-hybridized carbons (Fsp3) is 0.320. The van der Waals surface area contributed by atoms with Crippen molar-refractivity contribution in [2.24, 2.45) is 0 Å². The van der Waals surface area contributed by atoms with Crippen LogP contribution in [-0.4, -0.2) is 37.1 Å².